The number of carbonyl (C=O) groups is 2. The van der Waals surface area contributed by atoms with Crippen LogP contribution < -0.4 is 0 Å². The van der Waals surface area contributed by atoms with Crippen molar-refractivity contribution in [1.29, 1.82) is 0 Å². The summed E-state index contributed by atoms with van der Waals surface area (Å²) >= 11 is 0. The van der Waals surface area contributed by atoms with Crippen LogP contribution in [0.1, 0.15) is 157 Å². The second kappa shape index (κ2) is 21.2. The van der Waals surface area contributed by atoms with Crippen molar-refractivity contribution in [2.24, 2.45) is 11.8 Å². The SMILES string of the molecule is CCCCCCCCCCOC(=O)CCCC(=O)OC(C)(CC)CCCC(C)CCCC(C)C. The molecule has 0 saturated heterocycles. The van der Waals surface area contributed by atoms with Crippen LogP contribution in [0.15, 0.2) is 0 Å². The maximum atomic E-state index is 12.4. The van der Waals surface area contributed by atoms with Crippen molar-refractivity contribution < 1.29 is 19.1 Å². The van der Waals surface area contributed by atoms with Gasteiger partial charge in [-0.05, 0) is 50.9 Å². The standard InChI is InChI=1S/C30H58O4/c1-7-9-10-11-12-13-14-15-25-33-28(31)22-17-23-29(32)34-30(6,8-2)24-18-21-27(5)20-16-19-26(3)4/h26-27H,7-25H2,1-6H3. The summed E-state index contributed by atoms with van der Waals surface area (Å²) < 4.78 is 11.1. The number of unbranched alkanes of at least 4 members (excludes halogenated alkanes) is 7. The van der Waals surface area contributed by atoms with Crippen molar-refractivity contribution in [1.82, 2.24) is 0 Å². The molecule has 2 atom stereocenters. The summed E-state index contributed by atoms with van der Waals surface area (Å²) in [6.07, 6.45) is 18.8. The minimum absolute atomic E-state index is 0.190. The van der Waals surface area contributed by atoms with Crippen molar-refractivity contribution in [2.45, 2.75) is 163 Å². The van der Waals surface area contributed by atoms with Gasteiger partial charge in [0.2, 0.25) is 0 Å². The Morgan fingerprint density at radius 1 is 0.706 bits per heavy atom. The Bertz CT molecular complexity index is 502. The van der Waals surface area contributed by atoms with Crippen LogP contribution in [-0.2, 0) is 19.1 Å². The van der Waals surface area contributed by atoms with E-state index in [4.69, 9.17) is 9.47 Å². The Morgan fingerprint density at radius 2 is 1.29 bits per heavy atom. The minimum Gasteiger partial charge on any atom is -0.466 e. The highest BCUT2D eigenvalue weighted by molar-refractivity contribution is 5.72. The average molecular weight is 483 g/mol. The van der Waals surface area contributed by atoms with Crippen LogP contribution >= 0.6 is 0 Å². The molecule has 34 heavy (non-hydrogen) atoms. The second-order valence-electron chi connectivity index (χ2n) is 11.1. The highest BCUT2D eigenvalue weighted by Gasteiger charge is 2.26. The maximum Gasteiger partial charge on any atom is 0.306 e. The van der Waals surface area contributed by atoms with Crippen molar-refractivity contribution in [2.75, 3.05) is 6.61 Å². The number of hydrogen-bond donors (Lipinski definition) is 0. The van der Waals surface area contributed by atoms with Crippen LogP contribution in [0.5, 0.6) is 0 Å². The molecule has 0 radical (unpaired) electrons. The lowest BCUT2D eigenvalue weighted by Gasteiger charge is -2.29. The molecule has 0 aliphatic rings. The number of esters is 2. The molecule has 0 saturated carbocycles. The Morgan fingerprint density at radius 3 is 1.91 bits per heavy atom. The first-order chi connectivity index (χ1) is 16.2. The van der Waals surface area contributed by atoms with E-state index >= 15 is 0 Å². The molecule has 2 unspecified atom stereocenters. The van der Waals surface area contributed by atoms with Crippen molar-refractivity contribution in [3.63, 3.8) is 0 Å². The van der Waals surface area contributed by atoms with Crippen molar-refractivity contribution >= 4 is 11.9 Å². The molecule has 0 amide bonds. The van der Waals surface area contributed by atoms with Gasteiger partial charge in [0.1, 0.15) is 5.60 Å². The van der Waals surface area contributed by atoms with Gasteiger partial charge in [0, 0.05) is 12.8 Å². The molecule has 202 valence electrons. The maximum absolute atomic E-state index is 12.4. The number of rotatable bonds is 23. The molecular weight excluding hydrogens is 424 g/mol. The van der Waals surface area contributed by atoms with E-state index in [-0.39, 0.29) is 18.4 Å². The molecule has 0 heterocycles. The largest absolute Gasteiger partial charge is 0.466 e. The molecule has 0 bridgehead atoms. The fourth-order valence-corrected chi connectivity index (χ4v) is 4.34. The summed E-state index contributed by atoms with van der Waals surface area (Å²) in [5.41, 5.74) is -0.397. The van der Waals surface area contributed by atoms with Gasteiger partial charge >= 0.3 is 11.9 Å². The molecular formula is C30H58O4. The molecule has 4 heteroatoms. The summed E-state index contributed by atoms with van der Waals surface area (Å²) in [7, 11) is 0. The van der Waals surface area contributed by atoms with Gasteiger partial charge in [-0.3, -0.25) is 9.59 Å². The fraction of sp³-hybridized carbons (Fsp3) is 0.933. The third-order valence-corrected chi connectivity index (χ3v) is 7.01. The first-order valence-corrected chi connectivity index (χ1v) is 14.6. The summed E-state index contributed by atoms with van der Waals surface area (Å²) in [4.78, 5) is 24.3. The predicted molar refractivity (Wildman–Crippen MR) is 144 cm³/mol. The summed E-state index contributed by atoms with van der Waals surface area (Å²) in [6.45, 7) is 13.8. The van der Waals surface area contributed by atoms with E-state index < -0.39 is 5.60 Å². The van der Waals surface area contributed by atoms with E-state index in [1.54, 1.807) is 0 Å². The molecule has 0 aromatic heterocycles. The fourth-order valence-electron chi connectivity index (χ4n) is 4.34. The zero-order valence-electron chi connectivity index (χ0n) is 23.7. The quantitative estimate of drug-likeness (QED) is 0.108. The third-order valence-electron chi connectivity index (χ3n) is 7.01. The van der Waals surface area contributed by atoms with Gasteiger partial charge in [0.15, 0.2) is 0 Å². The summed E-state index contributed by atoms with van der Waals surface area (Å²) in [5.74, 6) is 1.13. The lowest BCUT2D eigenvalue weighted by atomic mass is 9.90. The second-order valence-corrected chi connectivity index (χ2v) is 11.1. The van der Waals surface area contributed by atoms with Gasteiger partial charge in [0.05, 0.1) is 6.61 Å². The van der Waals surface area contributed by atoms with E-state index in [1.807, 2.05) is 6.92 Å². The van der Waals surface area contributed by atoms with Crippen molar-refractivity contribution in [3.05, 3.63) is 0 Å². The van der Waals surface area contributed by atoms with E-state index in [0.717, 1.165) is 43.9 Å². The van der Waals surface area contributed by atoms with E-state index in [0.29, 0.717) is 19.4 Å². The Hall–Kier alpha value is -1.06. The van der Waals surface area contributed by atoms with Crippen LogP contribution in [0.2, 0.25) is 0 Å². The van der Waals surface area contributed by atoms with Gasteiger partial charge in [-0.2, -0.15) is 0 Å². The first-order valence-electron chi connectivity index (χ1n) is 14.6. The summed E-state index contributed by atoms with van der Waals surface area (Å²) in [6, 6.07) is 0. The molecule has 0 aliphatic carbocycles. The van der Waals surface area contributed by atoms with Gasteiger partial charge < -0.3 is 9.47 Å². The van der Waals surface area contributed by atoms with E-state index in [1.165, 1.54) is 64.2 Å². The minimum atomic E-state index is -0.397. The van der Waals surface area contributed by atoms with E-state index in [9.17, 15) is 9.59 Å². The van der Waals surface area contributed by atoms with E-state index in [2.05, 4.69) is 34.6 Å². The lowest BCUT2D eigenvalue weighted by molar-refractivity contribution is -0.159. The Kier molecular flexibility index (Phi) is 20.6. The third kappa shape index (κ3) is 20.3. The normalized spacial score (nSPS) is 14.1. The molecule has 0 fully saturated rings. The van der Waals surface area contributed by atoms with Crippen molar-refractivity contribution in [3.8, 4) is 0 Å². The highest BCUT2D eigenvalue weighted by Crippen LogP contribution is 2.26. The molecule has 0 aromatic carbocycles. The van der Waals surface area contributed by atoms with Gasteiger partial charge in [-0.1, -0.05) is 105 Å². The predicted octanol–water partition coefficient (Wildman–Crippen LogP) is 9.19. The van der Waals surface area contributed by atoms with Crippen LogP contribution in [0.3, 0.4) is 0 Å². The Labute approximate surface area is 212 Å². The van der Waals surface area contributed by atoms with Crippen LogP contribution in [0.4, 0.5) is 0 Å². The van der Waals surface area contributed by atoms with Crippen LogP contribution in [-0.4, -0.2) is 24.1 Å². The number of ether oxygens (including phenoxy) is 2. The highest BCUT2D eigenvalue weighted by atomic mass is 16.6. The molecule has 0 aromatic rings. The lowest BCUT2D eigenvalue weighted by Crippen LogP contribution is -2.31. The molecule has 4 nitrogen and oxygen atoms in total. The van der Waals surface area contributed by atoms with Gasteiger partial charge in [-0.15, -0.1) is 0 Å². The molecule has 0 rings (SSSR count). The molecule has 0 N–H and O–H groups in total. The first kappa shape index (κ1) is 32.9. The topological polar surface area (TPSA) is 52.6 Å². The zero-order chi connectivity index (χ0) is 25.7. The smallest absolute Gasteiger partial charge is 0.306 e. The van der Waals surface area contributed by atoms with Gasteiger partial charge in [-0.25, -0.2) is 0 Å². The molecule has 0 aliphatic heterocycles. The number of carbonyl (C=O) groups excluding carboxylic acids is 2. The Balaban J connectivity index is 3.87. The zero-order valence-corrected chi connectivity index (χ0v) is 23.7. The average Bonchev–Trinajstić information content (AvgIpc) is 2.77. The van der Waals surface area contributed by atoms with Crippen LogP contribution in [0.25, 0.3) is 0 Å². The molecule has 0 spiro atoms. The van der Waals surface area contributed by atoms with Crippen LogP contribution in [0, 0.1) is 11.8 Å². The summed E-state index contributed by atoms with van der Waals surface area (Å²) in [5, 5.41) is 0. The monoisotopic (exact) mass is 482 g/mol. The number of hydrogen-bond acceptors (Lipinski definition) is 4. The van der Waals surface area contributed by atoms with Gasteiger partial charge in [0.25, 0.3) is 0 Å².